The van der Waals surface area contributed by atoms with Crippen LogP contribution < -0.4 is 10.1 Å². The smallest absolute Gasteiger partial charge is 0.266 e. The molecule has 0 aliphatic rings. The summed E-state index contributed by atoms with van der Waals surface area (Å²) in [6.45, 7) is 1.97. The van der Waals surface area contributed by atoms with Gasteiger partial charge in [-0.3, -0.25) is 4.79 Å². The van der Waals surface area contributed by atoms with Crippen molar-refractivity contribution < 1.29 is 9.53 Å². The molecule has 0 fully saturated rings. The molecule has 150 valence electrons. The van der Waals surface area contributed by atoms with Crippen molar-refractivity contribution in [3.63, 3.8) is 0 Å². The second kappa shape index (κ2) is 9.78. The molecule has 30 heavy (non-hydrogen) atoms. The van der Waals surface area contributed by atoms with Gasteiger partial charge in [0, 0.05) is 17.1 Å². The largest absolute Gasteiger partial charge is 0.496 e. The zero-order chi connectivity index (χ0) is 21.5. The predicted molar refractivity (Wildman–Crippen MR) is 121 cm³/mol. The molecule has 0 heterocycles. The van der Waals surface area contributed by atoms with Gasteiger partial charge in [-0.25, -0.2) is 0 Å². The average Bonchev–Trinajstić information content (AvgIpc) is 2.76. The quantitative estimate of drug-likeness (QED) is 0.408. The summed E-state index contributed by atoms with van der Waals surface area (Å²) in [6.07, 6.45) is 2.16. The minimum Gasteiger partial charge on any atom is -0.496 e. The summed E-state index contributed by atoms with van der Waals surface area (Å²) in [7, 11) is 1.59. The van der Waals surface area contributed by atoms with E-state index in [2.05, 4.69) is 5.32 Å². The number of nitrogens with zero attached hydrogens (tertiary/aromatic N) is 1. The van der Waals surface area contributed by atoms with E-state index in [0.717, 1.165) is 16.7 Å². The van der Waals surface area contributed by atoms with E-state index in [1.165, 1.54) is 0 Å². The van der Waals surface area contributed by atoms with Gasteiger partial charge in [0.2, 0.25) is 0 Å². The fraction of sp³-hybridized carbons (Fsp3) is 0.120. The molecule has 0 aliphatic carbocycles. The van der Waals surface area contributed by atoms with Crippen molar-refractivity contribution in [3.8, 4) is 11.8 Å². The fourth-order valence-electron chi connectivity index (χ4n) is 2.99. The molecule has 0 atom stereocenters. The first-order valence-corrected chi connectivity index (χ1v) is 9.78. The number of carbonyl (C=O) groups excluding carboxylic acids is 1. The first-order valence-electron chi connectivity index (χ1n) is 9.40. The molecule has 0 unspecified atom stereocenters. The second-order valence-corrected chi connectivity index (χ2v) is 7.24. The number of nitrogens with one attached hydrogen (secondary N) is 1. The normalized spacial score (nSPS) is 10.9. The number of ether oxygens (including phenoxy) is 1. The van der Waals surface area contributed by atoms with Gasteiger partial charge in [-0.15, -0.1) is 0 Å². The number of amides is 1. The lowest BCUT2D eigenvalue weighted by Crippen LogP contribution is -2.13. The molecule has 0 saturated heterocycles. The van der Waals surface area contributed by atoms with E-state index < -0.39 is 5.91 Å². The molecule has 1 amide bonds. The van der Waals surface area contributed by atoms with Crippen molar-refractivity contribution in [2.24, 2.45) is 0 Å². The van der Waals surface area contributed by atoms with E-state index in [-0.39, 0.29) is 5.57 Å². The minimum atomic E-state index is -0.458. The van der Waals surface area contributed by atoms with Crippen molar-refractivity contribution >= 4 is 29.3 Å². The summed E-state index contributed by atoms with van der Waals surface area (Å²) in [5, 5.41) is 12.9. The van der Waals surface area contributed by atoms with Crippen LogP contribution in [0.5, 0.6) is 5.75 Å². The number of hydrogen-bond donors (Lipinski definition) is 1. The van der Waals surface area contributed by atoms with Crippen LogP contribution in [0.2, 0.25) is 5.02 Å². The van der Waals surface area contributed by atoms with Gasteiger partial charge >= 0.3 is 0 Å². The zero-order valence-corrected chi connectivity index (χ0v) is 17.5. The third kappa shape index (κ3) is 5.28. The Bertz CT molecular complexity index is 1130. The molecular formula is C25H21ClN2O2. The van der Waals surface area contributed by atoms with Crippen molar-refractivity contribution in [1.82, 2.24) is 0 Å². The van der Waals surface area contributed by atoms with Crippen LogP contribution in [0.25, 0.3) is 6.08 Å². The third-order valence-corrected chi connectivity index (χ3v) is 5.00. The van der Waals surface area contributed by atoms with Crippen LogP contribution in [0.3, 0.4) is 0 Å². The number of aryl methyl sites for hydroxylation is 1. The van der Waals surface area contributed by atoms with Gasteiger partial charge in [0.15, 0.2) is 0 Å². The number of anilines is 1. The molecule has 0 aliphatic heterocycles. The summed E-state index contributed by atoms with van der Waals surface area (Å²) in [4.78, 5) is 12.5. The molecule has 3 rings (SSSR count). The van der Waals surface area contributed by atoms with Crippen LogP contribution in [0.1, 0.15) is 22.3 Å². The maximum atomic E-state index is 12.5. The number of hydrogen-bond acceptors (Lipinski definition) is 3. The van der Waals surface area contributed by atoms with Crippen LogP contribution in [0.15, 0.2) is 72.3 Å². The van der Waals surface area contributed by atoms with Crippen LogP contribution in [0, 0.1) is 18.3 Å². The van der Waals surface area contributed by atoms with E-state index in [1.807, 2.05) is 67.6 Å². The molecule has 0 spiro atoms. The Morgan fingerprint density at radius 1 is 1.10 bits per heavy atom. The minimum absolute atomic E-state index is 0.0106. The van der Waals surface area contributed by atoms with E-state index >= 15 is 0 Å². The van der Waals surface area contributed by atoms with E-state index in [9.17, 15) is 10.1 Å². The molecule has 0 radical (unpaired) electrons. The van der Waals surface area contributed by atoms with Gasteiger partial charge in [0.25, 0.3) is 5.91 Å². The maximum Gasteiger partial charge on any atom is 0.266 e. The Morgan fingerprint density at radius 2 is 1.83 bits per heavy atom. The molecular weight excluding hydrogens is 396 g/mol. The van der Waals surface area contributed by atoms with Crippen molar-refractivity contribution in [3.05, 3.63) is 99.6 Å². The Balaban J connectivity index is 1.82. The lowest BCUT2D eigenvalue weighted by Gasteiger charge is -2.11. The monoisotopic (exact) mass is 416 g/mol. The van der Waals surface area contributed by atoms with Crippen LogP contribution in [-0.4, -0.2) is 13.0 Å². The van der Waals surface area contributed by atoms with Crippen LogP contribution >= 0.6 is 11.6 Å². The van der Waals surface area contributed by atoms with E-state index in [1.54, 1.807) is 25.3 Å². The van der Waals surface area contributed by atoms with Crippen LogP contribution in [0.4, 0.5) is 5.69 Å². The van der Waals surface area contributed by atoms with Gasteiger partial charge in [-0.2, -0.15) is 5.26 Å². The van der Waals surface area contributed by atoms with Gasteiger partial charge in [0.1, 0.15) is 17.4 Å². The van der Waals surface area contributed by atoms with Gasteiger partial charge in [0.05, 0.1) is 7.11 Å². The summed E-state index contributed by atoms with van der Waals surface area (Å²) in [6, 6.07) is 22.6. The van der Waals surface area contributed by atoms with E-state index in [0.29, 0.717) is 28.4 Å². The standard InChI is InChI=1S/C25H21ClN2O2/c1-17-7-11-22(12-8-17)28-25(29)21(16-27)13-18-9-10-20(24(14-18)30-2)15-19-5-3-4-6-23(19)26/h3-14H,15H2,1-2H3,(H,28,29)/b21-13+. The number of nitriles is 1. The number of carbonyl (C=O) groups is 1. The lowest BCUT2D eigenvalue weighted by molar-refractivity contribution is -0.112. The predicted octanol–water partition coefficient (Wildman–Crippen LogP) is 5.79. The summed E-state index contributed by atoms with van der Waals surface area (Å²) >= 11 is 6.27. The van der Waals surface area contributed by atoms with Gasteiger partial charge < -0.3 is 10.1 Å². The number of rotatable bonds is 6. The van der Waals surface area contributed by atoms with Crippen molar-refractivity contribution in [2.45, 2.75) is 13.3 Å². The lowest BCUT2D eigenvalue weighted by atomic mass is 10.0. The van der Waals surface area contributed by atoms with Gasteiger partial charge in [-0.1, -0.05) is 59.6 Å². The zero-order valence-electron chi connectivity index (χ0n) is 16.8. The fourth-order valence-corrected chi connectivity index (χ4v) is 3.20. The van der Waals surface area contributed by atoms with Crippen molar-refractivity contribution in [1.29, 1.82) is 5.26 Å². The summed E-state index contributed by atoms with van der Waals surface area (Å²) in [5.74, 6) is 0.209. The highest BCUT2D eigenvalue weighted by molar-refractivity contribution is 6.31. The van der Waals surface area contributed by atoms with Crippen molar-refractivity contribution in [2.75, 3.05) is 12.4 Å². The molecule has 4 nitrogen and oxygen atoms in total. The number of benzene rings is 3. The highest BCUT2D eigenvalue weighted by Gasteiger charge is 2.12. The summed E-state index contributed by atoms with van der Waals surface area (Å²) < 4.78 is 5.52. The Kier molecular flexibility index (Phi) is 6.90. The second-order valence-electron chi connectivity index (χ2n) is 6.83. The Labute approximate surface area is 181 Å². The third-order valence-electron chi connectivity index (χ3n) is 4.64. The molecule has 3 aromatic carbocycles. The van der Waals surface area contributed by atoms with Crippen LogP contribution in [-0.2, 0) is 11.2 Å². The SMILES string of the molecule is COc1cc(/C=C(\C#N)C(=O)Nc2ccc(C)cc2)ccc1Cc1ccccc1Cl. The Morgan fingerprint density at radius 3 is 2.50 bits per heavy atom. The van der Waals surface area contributed by atoms with Gasteiger partial charge in [-0.05, 0) is 54.0 Å². The molecule has 0 bridgehead atoms. The highest BCUT2D eigenvalue weighted by Crippen LogP contribution is 2.27. The molecule has 0 aromatic heterocycles. The molecule has 3 aromatic rings. The first-order chi connectivity index (χ1) is 14.5. The topological polar surface area (TPSA) is 62.1 Å². The molecule has 1 N–H and O–H groups in total. The maximum absolute atomic E-state index is 12.5. The number of methoxy groups -OCH3 is 1. The average molecular weight is 417 g/mol. The van der Waals surface area contributed by atoms with E-state index in [4.69, 9.17) is 16.3 Å². The molecule has 0 saturated carbocycles. The highest BCUT2D eigenvalue weighted by atomic mass is 35.5. The number of halogens is 1. The molecule has 5 heteroatoms. The first kappa shape index (κ1) is 21.2. The summed E-state index contributed by atoms with van der Waals surface area (Å²) in [5.41, 5.74) is 4.40. The Hall–Kier alpha value is -3.55.